The van der Waals surface area contributed by atoms with Crippen LogP contribution in [0, 0.1) is 0 Å². The Kier molecular flexibility index (Phi) is 49.2. The molecule has 8 aliphatic heterocycles. The van der Waals surface area contributed by atoms with Gasteiger partial charge in [0.1, 0.15) is 13.5 Å². The Balaban J connectivity index is 0.000000452. The van der Waals surface area contributed by atoms with Crippen molar-refractivity contribution in [3.8, 4) is 0 Å². The lowest BCUT2D eigenvalue weighted by Crippen LogP contribution is -2.20. The monoisotopic (exact) mass is 1080 g/mol. The van der Waals surface area contributed by atoms with Gasteiger partial charge in [-0.05, 0) is 118 Å². The van der Waals surface area contributed by atoms with E-state index < -0.39 is 0 Å². The van der Waals surface area contributed by atoms with Crippen LogP contribution in [-0.2, 0) is 9.47 Å². The molecule has 438 valence electrons. The summed E-state index contributed by atoms with van der Waals surface area (Å²) >= 11 is 0. The second-order valence-corrected chi connectivity index (χ2v) is 19.4. The second-order valence-electron chi connectivity index (χ2n) is 19.4. The summed E-state index contributed by atoms with van der Waals surface area (Å²) in [6.07, 6.45) is 87.7. The SMILES string of the molecule is C=CCN1C=CC=CC1.CCC=CN1C=CC=CC1.CCCCCCN1C=CC=CC1.CCCCCN1C=CC=CC1.CCCCN1C=CC=CC1.CCCN1C=CC=CC1.COCN1C=CC=CC1.COCN1C=CC=CC1. The summed E-state index contributed by atoms with van der Waals surface area (Å²) < 4.78 is 9.84. The molecule has 10 nitrogen and oxygen atoms in total. The zero-order valence-electron chi connectivity index (χ0n) is 50.7. The molecule has 0 spiro atoms. The molecule has 0 aromatic rings. The summed E-state index contributed by atoms with van der Waals surface area (Å²) in [5, 5.41) is 0. The smallest absolute Gasteiger partial charge is 0.118 e. The molecule has 0 fully saturated rings. The fourth-order valence-corrected chi connectivity index (χ4v) is 7.83. The summed E-state index contributed by atoms with van der Waals surface area (Å²) in [4.78, 5) is 17.9. The van der Waals surface area contributed by atoms with Crippen molar-refractivity contribution in [1.29, 1.82) is 0 Å². The van der Waals surface area contributed by atoms with E-state index in [1.54, 1.807) is 14.2 Å². The fourth-order valence-electron chi connectivity index (χ4n) is 7.83. The summed E-state index contributed by atoms with van der Waals surface area (Å²) in [7, 11) is 3.40. The maximum absolute atomic E-state index is 4.92. The molecule has 8 aliphatic rings. The lowest BCUT2D eigenvalue weighted by atomic mass is 10.2. The third kappa shape index (κ3) is 44.2. The molecule has 0 aromatic heterocycles. The zero-order chi connectivity index (χ0) is 57.2. The summed E-state index contributed by atoms with van der Waals surface area (Å²) in [6.45, 7) is 30.2. The van der Waals surface area contributed by atoms with Crippen LogP contribution in [-0.4, -0.2) is 152 Å². The number of hydrogen-bond donors (Lipinski definition) is 0. The Hall–Kier alpha value is -6.36. The van der Waals surface area contributed by atoms with E-state index >= 15 is 0 Å². The van der Waals surface area contributed by atoms with Gasteiger partial charge in [0.2, 0.25) is 0 Å². The van der Waals surface area contributed by atoms with Gasteiger partial charge in [-0.15, -0.1) is 6.58 Å². The van der Waals surface area contributed by atoms with Gasteiger partial charge in [-0.3, -0.25) is 0 Å². The highest BCUT2D eigenvalue weighted by atomic mass is 16.5. The van der Waals surface area contributed by atoms with E-state index in [9.17, 15) is 0 Å². The number of unbranched alkanes of at least 4 members (excludes halogenated alkanes) is 6. The quantitative estimate of drug-likeness (QED) is 0.0774. The van der Waals surface area contributed by atoms with Gasteiger partial charge in [-0.2, -0.15) is 0 Å². The van der Waals surface area contributed by atoms with Crippen LogP contribution in [0.3, 0.4) is 0 Å². The number of nitrogens with zero attached hydrogens (tertiary/aromatic N) is 8. The van der Waals surface area contributed by atoms with Crippen LogP contribution in [0.2, 0.25) is 0 Å². The van der Waals surface area contributed by atoms with Gasteiger partial charge in [0.15, 0.2) is 0 Å². The van der Waals surface area contributed by atoms with Crippen molar-refractivity contribution in [3.63, 3.8) is 0 Å². The van der Waals surface area contributed by atoms with E-state index in [4.69, 9.17) is 9.47 Å². The molecule has 0 unspecified atom stereocenters. The molecule has 0 aromatic carbocycles. The highest BCUT2D eigenvalue weighted by Crippen LogP contribution is 2.06. The number of hydrogen-bond acceptors (Lipinski definition) is 10. The van der Waals surface area contributed by atoms with E-state index in [2.05, 4.69) is 239 Å². The molecular weight excluding hydrogens is 973 g/mol. The first-order chi connectivity index (χ1) is 39.0. The van der Waals surface area contributed by atoms with E-state index in [-0.39, 0.29) is 0 Å². The minimum atomic E-state index is 0.681. The number of allylic oxidation sites excluding steroid dienone is 17. The van der Waals surface area contributed by atoms with Crippen molar-refractivity contribution >= 4 is 0 Å². The highest BCUT2D eigenvalue weighted by Gasteiger charge is 2.01. The molecule has 0 saturated heterocycles. The van der Waals surface area contributed by atoms with Gasteiger partial charge in [0.25, 0.3) is 0 Å². The van der Waals surface area contributed by atoms with Gasteiger partial charge in [-0.25, -0.2) is 0 Å². The number of methoxy groups -OCH3 is 2. The maximum Gasteiger partial charge on any atom is 0.118 e. The Bertz CT molecular complexity index is 1900. The van der Waals surface area contributed by atoms with Gasteiger partial charge in [-0.1, -0.05) is 183 Å². The first-order valence-electron chi connectivity index (χ1n) is 29.8. The largest absolute Gasteiger partial charge is 0.374 e. The molecule has 0 amide bonds. The lowest BCUT2D eigenvalue weighted by Gasteiger charge is -2.19. The summed E-state index contributed by atoms with van der Waals surface area (Å²) in [6, 6.07) is 0. The normalized spacial score (nSPS) is 16.4. The maximum atomic E-state index is 4.92. The minimum absolute atomic E-state index is 0.681. The third-order valence-corrected chi connectivity index (χ3v) is 12.2. The average molecular weight is 1080 g/mol. The Morgan fingerprint density at radius 3 is 0.987 bits per heavy atom. The van der Waals surface area contributed by atoms with Crippen LogP contribution in [0.1, 0.15) is 105 Å². The molecule has 0 saturated carbocycles. The third-order valence-electron chi connectivity index (χ3n) is 12.2. The Labute approximate surface area is 484 Å². The minimum Gasteiger partial charge on any atom is -0.374 e. The van der Waals surface area contributed by atoms with Gasteiger partial charge < -0.3 is 48.7 Å². The topological polar surface area (TPSA) is 44.4 Å². The zero-order valence-corrected chi connectivity index (χ0v) is 50.7. The van der Waals surface area contributed by atoms with E-state index in [0.717, 1.165) is 65.3 Å². The van der Waals surface area contributed by atoms with Crippen LogP contribution in [0.25, 0.3) is 0 Å². The standard InChI is InChI=1S/C11H19N.C10H17N.C9H15N.C9H13N.C8H13N.C8H11N.2C7H11NO/c1-2-3-4-6-9-12-10-7-5-8-11-12;1-2-3-5-8-11-9-6-4-7-10-11;2*1-2-3-7-10-8-5-4-6-9-10;2*1-2-6-9-7-4-3-5-8-9;2*1-9-7-8-5-3-2-4-6-8/h5,7-8,10H,2-4,6,9,11H2,1H3;4,6-7,9H,2-3,5,8,10H2,1H3;4-6,8H,2-3,7,9H2,1H3;3-8H,2,9H2,1H3;3-5,7H,2,6,8H2,1H3;2-5,7H,1,6,8H2;2*2-5H,6-7H2,1H3. The van der Waals surface area contributed by atoms with Crippen molar-refractivity contribution in [2.75, 3.05) is 113 Å². The first-order valence-corrected chi connectivity index (χ1v) is 29.8. The van der Waals surface area contributed by atoms with Gasteiger partial charge >= 0.3 is 0 Å². The Morgan fingerprint density at radius 2 is 0.671 bits per heavy atom. The summed E-state index contributed by atoms with van der Waals surface area (Å²) in [5.74, 6) is 0. The van der Waals surface area contributed by atoms with Gasteiger partial charge in [0, 0.05) is 118 Å². The van der Waals surface area contributed by atoms with Crippen LogP contribution in [0.4, 0.5) is 0 Å². The molecular formula is C69H110N8O2. The molecule has 0 N–H and O–H groups in total. The van der Waals surface area contributed by atoms with Crippen molar-refractivity contribution in [2.45, 2.75) is 105 Å². The van der Waals surface area contributed by atoms with Crippen molar-refractivity contribution in [1.82, 2.24) is 39.2 Å². The van der Waals surface area contributed by atoms with Crippen molar-refractivity contribution in [2.24, 2.45) is 0 Å². The highest BCUT2D eigenvalue weighted by molar-refractivity contribution is 5.13. The molecule has 8 heterocycles. The van der Waals surface area contributed by atoms with E-state index in [0.29, 0.717) is 13.5 Å². The van der Waals surface area contributed by atoms with E-state index in [1.165, 1.54) is 90.4 Å². The van der Waals surface area contributed by atoms with Crippen LogP contribution in [0.5, 0.6) is 0 Å². The van der Waals surface area contributed by atoms with Crippen molar-refractivity contribution in [3.05, 3.63) is 220 Å². The number of rotatable bonds is 22. The summed E-state index contributed by atoms with van der Waals surface area (Å²) in [5.41, 5.74) is 0. The lowest BCUT2D eigenvalue weighted by molar-refractivity contribution is 0.102. The van der Waals surface area contributed by atoms with Crippen LogP contribution < -0.4 is 0 Å². The molecule has 8 rings (SSSR count). The fraction of sp³-hybridized carbons (Fsp3) is 0.478. The second kappa shape index (κ2) is 55.0. The molecule has 0 radical (unpaired) electrons. The molecule has 79 heavy (non-hydrogen) atoms. The first kappa shape index (κ1) is 70.7. The predicted molar refractivity (Wildman–Crippen MR) is 346 cm³/mol. The van der Waals surface area contributed by atoms with E-state index in [1.807, 2.05) is 54.9 Å². The van der Waals surface area contributed by atoms with Crippen LogP contribution in [0.15, 0.2) is 220 Å². The van der Waals surface area contributed by atoms with Gasteiger partial charge in [0.05, 0.1) is 0 Å². The molecule has 0 bridgehead atoms. The number of ether oxygens (including phenoxy) is 2. The molecule has 10 heteroatoms. The molecule has 0 atom stereocenters. The molecule has 0 aliphatic carbocycles. The average Bonchev–Trinajstić information content (AvgIpc) is 3.51. The van der Waals surface area contributed by atoms with Crippen molar-refractivity contribution < 1.29 is 9.47 Å². The predicted octanol–water partition coefficient (Wildman–Crippen LogP) is 15.3. The Morgan fingerprint density at radius 1 is 0.342 bits per heavy atom. The van der Waals surface area contributed by atoms with Crippen LogP contribution >= 0.6 is 0 Å².